The van der Waals surface area contributed by atoms with Crippen molar-refractivity contribution in [3.63, 3.8) is 0 Å². The maximum atomic E-state index is 13.5. The summed E-state index contributed by atoms with van der Waals surface area (Å²) in [4.78, 5) is 28.9. The molecule has 6 heteroatoms. The first kappa shape index (κ1) is 22.8. The van der Waals surface area contributed by atoms with Crippen LogP contribution in [0.25, 0.3) is 0 Å². The van der Waals surface area contributed by atoms with E-state index in [1.165, 1.54) is 24.3 Å². The van der Waals surface area contributed by atoms with Crippen LogP contribution in [0.15, 0.2) is 71.1 Å². The van der Waals surface area contributed by atoms with E-state index in [1.54, 1.807) is 0 Å². The minimum Gasteiger partial charge on any atom is -0.378 e. The molecule has 2 aromatic rings. The molecule has 4 rings (SSSR count). The number of hydrogen-bond donors (Lipinski definition) is 2. The number of nitrogens with one attached hydrogen (secondary N) is 2. The van der Waals surface area contributed by atoms with Gasteiger partial charge < -0.3 is 15.5 Å². The lowest BCUT2D eigenvalue weighted by Crippen LogP contribution is -2.39. The number of halogens is 1. The van der Waals surface area contributed by atoms with Gasteiger partial charge in [-0.1, -0.05) is 26.0 Å². The fourth-order valence-corrected chi connectivity index (χ4v) is 4.77. The molecule has 2 N–H and O–H groups in total. The number of dihydropyridines is 1. The SMILES string of the molecule is CC1=C(C(=O)Nc2ccc(F)cc2)C(c2ccc(N(C)C)cc2)C2=C(CC(C)(C)CC2=O)N1. The van der Waals surface area contributed by atoms with Gasteiger partial charge in [0.05, 0.1) is 0 Å². The van der Waals surface area contributed by atoms with E-state index in [0.29, 0.717) is 23.3 Å². The van der Waals surface area contributed by atoms with Crippen LogP contribution in [0.2, 0.25) is 0 Å². The van der Waals surface area contributed by atoms with Crippen LogP contribution < -0.4 is 15.5 Å². The Labute approximate surface area is 194 Å². The average molecular weight is 448 g/mol. The molecule has 0 saturated carbocycles. The Hall–Kier alpha value is -3.41. The summed E-state index contributed by atoms with van der Waals surface area (Å²) in [5.41, 5.74) is 5.08. The van der Waals surface area contributed by atoms with Gasteiger partial charge in [-0.2, -0.15) is 0 Å². The minimum absolute atomic E-state index is 0.0648. The quantitative estimate of drug-likeness (QED) is 0.682. The third-order valence-corrected chi connectivity index (χ3v) is 6.33. The molecule has 2 aromatic carbocycles. The molecule has 33 heavy (non-hydrogen) atoms. The van der Waals surface area contributed by atoms with Crippen LogP contribution in [-0.2, 0) is 9.59 Å². The van der Waals surface area contributed by atoms with Gasteiger partial charge in [0, 0.05) is 60.3 Å². The van der Waals surface area contributed by atoms with E-state index in [0.717, 1.165) is 29.1 Å². The molecule has 2 aliphatic rings. The largest absolute Gasteiger partial charge is 0.378 e. The third kappa shape index (κ3) is 4.56. The zero-order chi connectivity index (χ0) is 23.9. The van der Waals surface area contributed by atoms with Crippen LogP contribution in [0.1, 0.15) is 45.1 Å². The molecule has 1 heterocycles. The van der Waals surface area contributed by atoms with E-state index < -0.39 is 5.92 Å². The van der Waals surface area contributed by atoms with Crippen molar-refractivity contribution >= 4 is 23.1 Å². The maximum Gasteiger partial charge on any atom is 0.254 e. The zero-order valence-electron chi connectivity index (χ0n) is 19.8. The second kappa shape index (κ2) is 8.50. The van der Waals surface area contributed by atoms with Gasteiger partial charge in [-0.3, -0.25) is 9.59 Å². The molecule has 1 atom stereocenters. The molecule has 5 nitrogen and oxygen atoms in total. The molecule has 1 aliphatic heterocycles. The molecular formula is C27H30FN3O2. The van der Waals surface area contributed by atoms with Gasteiger partial charge >= 0.3 is 0 Å². The lowest BCUT2D eigenvalue weighted by molar-refractivity contribution is -0.118. The standard InChI is InChI=1S/C27H30FN3O2/c1-16-23(26(33)30-19-10-8-18(28)9-11-19)24(17-6-12-20(13-7-17)31(4)5)25-21(29-16)14-27(2,3)15-22(25)32/h6-13,24,29H,14-15H2,1-5H3,(H,30,33). The van der Waals surface area contributed by atoms with Gasteiger partial charge in [0.2, 0.25) is 0 Å². The van der Waals surface area contributed by atoms with Gasteiger partial charge in [-0.05, 0) is 60.7 Å². The van der Waals surface area contributed by atoms with Crippen LogP contribution >= 0.6 is 0 Å². The summed E-state index contributed by atoms with van der Waals surface area (Å²) in [6.45, 7) is 6.05. The highest BCUT2D eigenvalue weighted by Crippen LogP contribution is 2.46. The number of hydrogen-bond acceptors (Lipinski definition) is 4. The molecule has 0 aromatic heterocycles. The summed E-state index contributed by atoms with van der Waals surface area (Å²) in [5.74, 6) is -1.08. The minimum atomic E-state index is -0.471. The highest BCUT2D eigenvalue weighted by Gasteiger charge is 2.42. The highest BCUT2D eigenvalue weighted by atomic mass is 19.1. The van der Waals surface area contributed by atoms with Gasteiger partial charge in [-0.25, -0.2) is 4.39 Å². The van der Waals surface area contributed by atoms with Crippen LogP contribution in [0.3, 0.4) is 0 Å². The van der Waals surface area contributed by atoms with Gasteiger partial charge in [-0.15, -0.1) is 0 Å². The normalized spacial score (nSPS) is 19.7. The van der Waals surface area contributed by atoms with Crippen LogP contribution in [-0.4, -0.2) is 25.8 Å². The Kier molecular flexibility index (Phi) is 5.87. The molecular weight excluding hydrogens is 417 g/mol. The summed E-state index contributed by atoms with van der Waals surface area (Å²) in [7, 11) is 3.94. The Morgan fingerprint density at radius 2 is 1.70 bits per heavy atom. The predicted molar refractivity (Wildman–Crippen MR) is 129 cm³/mol. The van der Waals surface area contributed by atoms with Gasteiger partial charge in [0.25, 0.3) is 5.91 Å². The first-order chi connectivity index (χ1) is 15.6. The van der Waals surface area contributed by atoms with E-state index in [1.807, 2.05) is 50.2 Å². The smallest absolute Gasteiger partial charge is 0.254 e. The summed E-state index contributed by atoms with van der Waals surface area (Å²) < 4.78 is 13.3. The lowest BCUT2D eigenvalue weighted by atomic mass is 9.68. The van der Waals surface area contributed by atoms with Crippen LogP contribution in [0.5, 0.6) is 0 Å². The Morgan fingerprint density at radius 1 is 1.06 bits per heavy atom. The number of rotatable bonds is 4. The Balaban J connectivity index is 1.79. The topological polar surface area (TPSA) is 61.4 Å². The summed E-state index contributed by atoms with van der Waals surface area (Å²) in [6.07, 6.45) is 1.18. The molecule has 172 valence electrons. The van der Waals surface area contributed by atoms with Crippen molar-refractivity contribution in [1.29, 1.82) is 0 Å². The first-order valence-electron chi connectivity index (χ1n) is 11.1. The van der Waals surface area contributed by atoms with E-state index in [2.05, 4.69) is 24.5 Å². The van der Waals surface area contributed by atoms with Crippen molar-refractivity contribution in [2.24, 2.45) is 5.41 Å². The molecule has 0 spiro atoms. The number of ketones is 1. The van der Waals surface area contributed by atoms with Crippen molar-refractivity contribution in [3.05, 3.63) is 82.5 Å². The van der Waals surface area contributed by atoms with E-state index in [9.17, 15) is 14.0 Å². The second-order valence-corrected chi connectivity index (χ2v) is 9.88. The summed E-state index contributed by atoms with van der Waals surface area (Å²) in [6, 6.07) is 13.6. The molecule has 0 radical (unpaired) electrons. The third-order valence-electron chi connectivity index (χ3n) is 6.33. The highest BCUT2D eigenvalue weighted by molar-refractivity contribution is 6.10. The van der Waals surface area contributed by atoms with Crippen LogP contribution in [0, 0.1) is 11.2 Å². The Morgan fingerprint density at radius 3 is 2.30 bits per heavy atom. The van der Waals surface area contributed by atoms with Gasteiger partial charge in [0.1, 0.15) is 5.82 Å². The fourth-order valence-electron chi connectivity index (χ4n) is 4.77. The number of amides is 1. The van der Waals surface area contributed by atoms with E-state index in [4.69, 9.17) is 0 Å². The second-order valence-electron chi connectivity index (χ2n) is 9.88. The Bertz CT molecular complexity index is 1160. The van der Waals surface area contributed by atoms with Crippen molar-refractivity contribution in [2.75, 3.05) is 24.3 Å². The monoisotopic (exact) mass is 447 g/mol. The zero-order valence-corrected chi connectivity index (χ0v) is 19.8. The fraction of sp³-hybridized carbons (Fsp3) is 0.333. The molecule has 0 fully saturated rings. The molecule has 0 saturated heterocycles. The summed E-state index contributed by atoms with van der Waals surface area (Å²) >= 11 is 0. The summed E-state index contributed by atoms with van der Waals surface area (Å²) in [5, 5.41) is 6.25. The van der Waals surface area contributed by atoms with Gasteiger partial charge in [0.15, 0.2) is 5.78 Å². The number of anilines is 2. The number of Topliss-reactive ketones (excluding diaryl/α,β-unsaturated/α-hetero) is 1. The van der Waals surface area contributed by atoms with Crippen molar-refractivity contribution in [3.8, 4) is 0 Å². The number of allylic oxidation sites excluding steroid dienone is 3. The van der Waals surface area contributed by atoms with E-state index >= 15 is 0 Å². The number of carbonyl (C=O) groups excluding carboxylic acids is 2. The van der Waals surface area contributed by atoms with Crippen molar-refractivity contribution in [2.45, 2.75) is 39.5 Å². The molecule has 0 bridgehead atoms. The van der Waals surface area contributed by atoms with E-state index in [-0.39, 0.29) is 22.9 Å². The predicted octanol–water partition coefficient (Wildman–Crippen LogP) is 5.13. The van der Waals surface area contributed by atoms with Crippen molar-refractivity contribution < 1.29 is 14.0 Å². The average Bonchev–Trinajstić information content (AvgIpc) is 2.73. The number of benzene rings is 2. The first-order valence-corrected chi connectivity index (χ1v) is 11.1. The molecule has 1 unspecified atom stereocenters. The lowest BCUT2D eigenvalue weighted by Gasteiger charge is -2.39. The molecule has 1 aliphatic carbocycles. The van der Waals surface area contributed by atoms with Crippen LogP contribution in [0.4, 0.5) is 15.8 Å². The molecule has 1 amide bonds. The number of nitrogens with zero attached hydrogens (tertiary/aromatic N) is 1. The number of carbonyl (C=O) groups is 2. The maximum absolute atomic E-state index is 13.5. The van der Waals surface area contributed by atoms with Crippen molar-refractivity contribution in [1.82, 2.24) is 5.32 Å².